The smallest absolute Gasteiger partial charge is 0.0596 e. The molecule has 0 aliphatic heterocycles. The van der Waals surface area contributed by atoms with Crippen molar-refractivity contribution in [3.63, 3.8) is 0 Å². The molecule has 0 fully saturated rings. The van der Waals surface area contributed by atoms with Gasteiger partial charge in [0.1, 0.15) is 0 Å². The average molecular weight is 152 g/mol. The maximum Gasteiger partial charge on any atom is 0.0596 e. The van der Waals surface area contributed by atoms with Gasteiger partial charge in [0.25, 0.3) is 0 Å². The highest BCUT2D eigenvalue weighted by atomic mass is 15.3. The highest BCUT2D eigenvalue weighted by Gasteiger charge is 2.05. The highest BCUT2D eigenvalue weighted by molar-refractivity contribution is 5.07. The molecule has 0 saturated carbocycles. The van der Waals surface area contributed by atoms with Gasteiger partial charge in [0.05, 0.1) is 5.69 Å². The summed E-state index contributed by atoms with van der Waals surface area (Å²) in [6.45, 7) is 8.51. The van der Waals surface area contributed by atoms with Gasteiger partial charge in [-0.25, -0.2) is 0 Å². The molecule has 1 aromatic heterocycles. The van der Waals surface area contributed by atoms with Crippen LogP contribution in [0.3, 0.4) is 0 Å². The molecule has 0 aliphatic rings. The fourth-order valence-corrected chi connectivity index (χ4v) is 1.27. The molecule has 0 saturated heterocycles. The van der Waals surface area contributed by atoms with Gasteiger partial charge in [-0.15, -0.1) is 0 Å². The molecule has 62 valence electrons. The van der Waals surface area contributed by atoms with Crippen molar-refractivity contribution in [1.82, 2.24) is 9.78 Å². The van der Waals surface area contributed by atoms with E-state index in [1.807, 2.05) is 6.92 Å². The van der Waals surface area contributed by atoms with Crippen molar-refractivity contribution in [3.8, 4) is 0 Å². The first kappa shape index (κ1) is 8.31. The normalized spacial score (nSPS) is 13.5. The molecule has 2 nitrogen and oxygen atoms in total. The molecule has 2 heteroatoms. The minimum Gasteiger partial charge on any atom is -0.267 e. The van der Waals surface area contributed by atoms with Crippen LogP contribution in [0.5, 0.6) is 0 Å². The highest BCUT2D eigenvalue weighted by Crippen LogP contribution is 2.12. The van der Waals surface area contributed by atoms with E-state index in [2.05, 4.69) is 36.6 Å². The van der Waals surface area contributed by atoms with Gasteiger partial charge in [0.15, 0.2) is 0 Å². The number of nitrogens with zero attached hydrogens (tertiary/aromatic N) is 2. The van der Waals surface area contributed by atoms with Crippen LogP contribution in [-0.4, -0.2) is 9.78 Å². The number of hydrogen-bond acceptors (Lipinski definition) is 1. The summed E-state index contributed by atoms with van der Waals surface area (Å²) in [5.41, 5.74) is 2.37. The Morgan fingerprint density at radius 1 is 1.55 bits per heavy atom. The standard InChI is InChI=1S/C9H16N2/c1-5-8(3)11-9(4)6-7(2)10-11/h6,8H,5H2,1-4H3. The quantitative estimate of drug-likeness (QED) is 0.636. The lowest BCUT2D eigenvalue weighted by atomic mass is 10.2. The molecule has 0 N–H and O–H groups in total. The molecule has 0 aromatic carbocycles. The Kier molecular flexibility index (Phi) is 2.32. The fraction of sp³-hybridized carbons (Fsp3) is 0.667. The van der Waals surface area contributed by atoms with Gasteiger partial charge in [-0.3, -0.25) is 4.68 Å². The maximum atomic E-state index is 4.40. The molecular formula is C9H16N2. The zero-order chi connectivity index (χ0) is 8.43. The summed E-state index contributed by atoms with van der Waals surface area (Å²) in [4.78, 5) is 0. The van der Waals surface area contributed by atoms with Crippen LogP contribution < -0.4 is 0 Å². The van der Waals surface area contributed by atoms with E-state index in [0.717, 1.165) is 12.1 Å². The summed E-state index contributed by atoms with van der Waals surface area (Å²) in [7, 11) is 0. The van der Waals surface area contributed by atoms with Crippen LogP contribution in [-0.2, 0) is 0 Å². The predicted molar refractivity (Wildman–Crippen MR) is 46.7 cm³/mol. The van der Waals surface area contributed by atoms with Crippen molar-refractivity contribution in [2.24, 2.45) is 0 Å². The van der Waals surface area contributed by atoms with Gasteiger partial charge < -0.3 is 0 Å². The van der Waals surface area contributed by atoms with Crippen LogP contribution in [0.25, 0.3) is 0 Å². The first-order chi connectivity index (χ1) is 5.15. The van der Waals surface area contributed by atoms with Gasteiger partial charge in [-0.2, -0.15) is 5.10 Å². The van der Waals surface area contributed by atoms with Crippen LogP contribution in [0, 0.1) is 13.8 Å². The van der Waals surface area contributed by atoms with Gasteiger partial charge in [-0.05, 0) is 33.3 Å². The van der Waals surface area contributed by atoms with Crippen LogP contribution in [0.2, 0.25) is 0 Å². The minimum atomic E-state index is 0.531. The van der Waals surface area contributed by atoms with E-state index >= 15 is 0 Å². The molecule has 0 aliphatic carbocycles. The summed E-state index contributed by atoms with van der Waals surface area (Å²) in [5, 5.41) is 4.40. The Balaban J connectivity index is 2.93. The van der Waals surface area contributed by atoms with Crippen molar-refractivity contribution < 1.29 is 0 Å². The molecule has 11 heavy (non-hydrogen) atoms. The summed E-state index contributed by atoms with van der Waals surface area (Å²) in [5.74, 6) is 0. The molecule has 0 radical (unpaired) electrons. The van der Waals surface area contributed by atoms with E-state index in [-0.39, 0.29) is 0 Å². The molecule has 1 aromatic rings. The third kappa shape index (κ3) is 1.62. The lowest BCUT2D eigenvalue weighted by molar-refractivity contribution is 0.465. The topological polar surface area (TPSA) is 17.8 Å². The number of aromatic nitrogens is 2. The van der Waals surface area contributed by atoms with Gasteiger partial charge in [0, 0.05) is 11.7 Å². The van der Waals surface area contributed by atoms with Crippen LogP contribution in [0.15, 0.2) is 6.07 Å². The molecule has 0 bridgehead atoms. The Morgan fingerprint density at radius 2 is 2.18 bits per heavy atom. The predicted octanol–water partition coefficient (Wildman–Crippen LogP) is 2.47. The monoisotopic (exact) mass is 152 g/mol. The third-order valence-electron chi connectivity index (χ3n) is 2.05. The second-order valence-electron chi connectivity index (χ2n) is 3.13. The maximum absolute atomic E-state index is 4.40. The van der Waals surface area contributed by atoms with Crippen molar-refractivity contribution in [2.45, 2.75) is 40.2 Å². The third-order valence-corrected chi connectivity index (χ3v) is 2.05. The lowest BCUT2D eigenvalue weighted by Crippen LogP contribution is -2.07. The van der Waals surface area contributed by atoms with E-state index in [1.54, 1.807) is 0 Å². The number of aryl methyl sites for hydroxylation is 2. The van der Waals surface area contributed by atoms with Gasteiger partial charge >= 0.3 is 0 Å². The zero-order valence-corrected chi connectivity index (χ0v) is 7.76. The summed E-state index contributed by atoms with van der Waals surface area (Å²) in [6.07, 6.45) is 1.14. The summed E-state index contributed by atoms with van der Waals surface area (Å²) >= 11 is 0. The second kappa shape index (κ2) is 3.07. The Labute approximate surface area is 68.2 Å². The molecule has 1 heterocycles. The minimum absolute atomic E-state index is 0.531. The first-order valence-electron chi connectivity index (χ1n) is 4.18. The van der Waals surface area contributed by atoms with E-state index in [0.29, 0.717) is 6.04 Å². The fourth-order valence-electron chi connectivity index (χ4n) is 1.27. The average Bonchev–Trinajstić information content (AvgIpc) is 2.28. The van der Waals surface area contributed by atoms with Crippen molar-refractivity contribution >= 4 is 0 Å². The molecule has 1 unspecified atom stereocenters. The number of rotatable bonds is 2. The Bertz CT molecular complexity index is 238. The van der Waals surface area contributed by atoms with Crippen molar-refractivity contribution in [2.75, 3.05) is 0 Å². The second-order valence-corrected chi connectivity index (χ2v) is 3.13. The summed E-state index contributed by atoms with van der Waals surface area (Å²) in [6, 6.07) is 2.65. The van der Waals surface area contributed by atoms with Gasteiger partial charge in [0.2, 0.25) is 0 Å². The SMILES string of the molecule is CCC(C)n1nc(C)cc1C. The van der Waals surface area contributed by atoms with E-state index in [4.69, 9.17) is 0 Å². The number of hydrogen-bond donors (Lipinski definition) is 0. The molecular weight excluding hydrogens is 136 g/mol. The Hall–Kier alpha value is -0.790. The van der Waals surface area contributed by atoms with E-state index in [1.165, 1.54) is 5.69 Å². The first-order valence-corrected chi connectivity index (χ1v) is 4.18. The largest absolute Gasteiger partial charge is 0.267 e. The van der Waals surface area contributed by atoms with Crippen molar-refractivity contribution in [3.05, 3.63) is 17.5 Å². The van der Waals surface area contributed by atoms with E-state index < -0.39 is 0 Å². The Morgan fingerprint density at radius 3 is 2.55 bits per heavy atom. The van der Waals surface area contributed by atoms with Crippen LogP contribution in [0.4, 0.5) is 0 Å². The molecule has 0 spiro atoms. The van der Waals surface area contributed by atoms with Gasteiger partial charge in [-0.1, -0.05) is 6.92 Å². The van der Waals surface area contributed by atoms with Crippen LogP contribution in [0.1, 0.15) is 37.7 Å². The van der Waals surface area contributed by atoms with E-state index in [9.17, 15) is 0 Å². The molecule has 1 rings (SSSR count). The van der Waals surface area contributed by atoms with Crippen molar-refractivity contribution in [1.29, 1.82) is 0 Å². The lowest BCUT2D eigenvalue weighted by Gasteiger charge is -2.10. The van der Waals surface area contributed by atoms with Crippen LogP contribution >= 0.6 is 0 Å². The molecule has 0 amide bonds. The molecule has 1 atom stereocenters. The zero-order valence-electron chi connectivity index (χ0n) is 7.76. The summed E-state index contributed by atoms with van der Waals surface area (Å²) < 4.78 is 2.09.